The van der Waals surface area contributed by atoms with Gasteiger partial charge in [0.2, 0.25) is 0 Å². The van der Waals surface area contributed by atoms with Crippen LogP contribution < -0.4 is 10.8 Å². The molecule has 184 valence electrons. The molecular weight excluding hydrogens is 438 g/mol. The molecule has 1 aromatic carbocycles. The number of anilines is 1. The van der Waals surface area contributed by atoms with Gasteiger partial charge in [-0.15, -0.1) is 0 Å². The number of aromatic nitrogens is 2. The number of hydrogen-bond donors (Lipinski definition) is 5. The number of nitrogens with one attached hydrogen (secondary N) is 4. The van der Waals surface area contributed by atoms with Crippen molar-refractivity contribution in [1.82, 2.24) is 19.6 Å². The Morgan fingerprint density at radius 3 is 2.46 bits per heavy atom. The van der Waals surface area contributed by atoms with Crippen LogP contribution >= 0.6 is 0 Å². The topological polar surface area (TPSA) is 113 Å². The van der Waals surface area contributed by atoms with Crippen molar-refractivity contribution in [3.8, 4) is 11.1 Å². The minimum Gasteiger partial charge on any atom is -0.357 e. The van der Waals surface area contributed by atoms with Crippen molar-refractivity contribution in [1.29, 1.82) is 10.8 Å². The van der Waals surface area contributed by atoms with Crippen molar-refractivity contribution in [3.05, 3.63) is 66.6 Å². The maximum absolute atomic E-state index is 9.77. The molecule has 1 fully saturated rings. The lowest BCUT2D eigenvalue weighted by molar-refractivity contribution is 0.114. The summed E-state index contributed by atoms with van der Waals surface area (Å²) in [6, 6.07) is 9.72. The first-order valence-electron chi connectivity index (χ1n) is 11.8. The Balaban J connectivity index is 1.49. The largest absolute Gasteiger partial charge is 0.357 e. The summed E-state index contributed by atoms with van der Waals surface area (Å²) in [6.07, 6.45) is 10.7. The molecule has 0 radical (unpaired) electrons. The zero-order valence-corrected chi connectivity index (χ0v) is 21.1. The smallest absolute Gasteiger partial charge is 0.137 e. The molecule has 1 aliphatic rings. The standard InChI is InChI=1S/C27H35N7O/c1-26(2)16-20(17-27(3,4)32-26)33(5)24(29)9-8-22(28)21-7-6-18(14-23(21)31-35)19-10-12-34-13-11-30-25(34)15-19/h6-15,20,28-29,31-32,35H,16-17H2,1-5H3. The number of likely N-dealkylation sites (N-methyl/N-ethyl adjacent to an activating group) is 1. The predicted molar refractivity (Wildman–Crippen MR) is 142 cm³/mol. The third-order valence-electron chi connectivity index (χ3n) is 6.67. The molecule has 8 nitrogen and oxygen atoms in total. The number of allylic oxidation sites excluding steroid dienone is 1. The van der Waals surface area contributed by atoms with Crippen LogP contribution in [-0.4, -0.2) is 55.2 Å². The normalized spacial score (nSPS) is 17.5. The highest BCUT2D eigenvalue weighted by molar-refractivity contribution is 6.12. The second-order valence-electron chi connectivity index (χ2n) is 10.7. The Labute approximate surface area is 206 Å². The number of hydrogen-bond acceptors (Lipinski definition) is 6. The molecule has 0 saturated carbocycles. The first kappa shape index (κ1) is 24.6. The molecule has 0 unspecified atom stereocenters. The van der Waals surface area contributed by atoms with Crippen LogP contribution in [0.5, 0.6) is 0 Å². The van der Waals surface area contributed by atoms with Gasteiger partial charge in [-0.05, 0) is 82.0 Å². The average Bonchev–Trinajstić information content (AvgIpc) is 3.27. The highest BCUT2D eigenvalue weighted by Gasteiger charge is 2.39. The van der Waals surface area contributed by atoms with Gasteiger partial charge in [0.05, 0.1) is 11.4 Å². The number of fused-ring (bicyclic) bond motifs is 1. The molecule has 35 heavy (non-hydrogen) atoms. The van der Waals surface area contributed by atoms with Gasteiger partial charge >= 0.3 is 0 Å². The van der Waals surface area contributed by atoms with E-state index in [9.17, 15) is 5.21 Å². The van der Waals surface area contributed by atoms with Crippen molar-refractivity contribution in [2.75, 3.05) is 12.5 Å². The number of benzene rings is 1. The minimum absolute atomic E-state index is 0.0110. The molecule has 0 amide bonds. The van der Waals surface area contributed by atoms with E-state index < -0.39 is 0 Å². The van der Waals surface area contributed by atoms with E-state index >= 15 is 0 Å². The fourth-order valence-electron chi connectivity index (χ4n) is 5.25. The lowest BCUT2D eigenvalue weighted by Gasteiger charge is -2.49. The van der Waals surface area contributed by atoms with Crippen molar-refractivity contribution < 1.29 is 5.21 Å². The van der Waals surface area contributed by atoms with Crippen molar-refractivity contribution >= 4 is 22.9 Å². The molecule has 0 bridgehead atoms. The molecule has 1 saturated heterocycles. The van der Waals surface area contributed by atoms with Crippen molar-refractivity contribution in [3.63, 3.8) is 0 Å². The van der Waals surface area contributed by atoms with Crippen LogP contribution in [0.4, 0.5) is 5.69 Å². The first-order chi connectivity index (χ1) is 16.5. The highest BCUT2D eigenvalue weighted by atomic mass is 16.5. The second kappa shape index (κ2) is 9.28. The quantitative estimate of drug-likeness (QED) is 0.198. The average molecular weight is 474 g/mol. The monoisotopic (exact) mass is 473 g/mol. The number of piperidine rings is 1. The summed E-state index contributed by atoms with van der Waals surface area (Å²) in [4.78, 5) is 6.32. The number of rotatable bonds is 6. The summed E-state index contributed by atoms with van der Waals surface area (Å²) in [6.45, 7) is 8.79. The van der Waals surface area contributed by atoms with Crippen LogP contribution in [0, 0.1) is 10.8 Å². The van der Waals surface area contributed by atoms with Gasteiger partial charge in [0.1, 0.15) is 11.5 Å². The van der Waals surface area contributed by atoms with Gasteiger partial charge in [-0.25, -0.2) is 4.98 Å². The Kier molecular flexibility index (Phi) is 6.53. The van der Waals surface area contributed by atoms with Crippen LogP contribution in [0.2, 0.25) is 0 Å². The predicted octanol–water partition coefficient (Wildman–Crippen LogP) is 4.94. The molecule has 5 N–H and O–H groups in total. The molecule has 0 aliphatic carbocycles. The summed E-state index contributed by atoms with van der Waals surface area (Å²) in [5.74, 6) is 0.358. The van der Waals surface area contributed by atoms with Crippen molar-refractivity contribution in [2.24, 2.45) is 0 Å². The number of amidine groups is 1. The molecule has 2 aromatic heterocycles. The van der Waals surface area contributed by atoms with Gasteiger partial charge in [0.25, 0.3) is 0 Å². The molecule has 3 heterocycles. The number of imidazole rings is 1. The third-order valence-corrected chi connectivity index (χ3v) is 6.67. The fourth-order valence-corrected chi connectivity index (χ4v) is 5.25. The summed E-state index contributed by atoms with van der Waals surface area (Å²) >= 11 is 0. The van der Waals surface area contributed by atoms with E-state index in [1.54, 1.807) is 18.3 Å². The van der Waals surface area contributed by atoms with Gasteiger partial charge in [-0.2, -0.15) is 0 Å². The highest BCUT2D eigenvalue weighted by Crippen LogP contribution is 2.31. The van der Waals surface area contributed by atoms with Gasteiger partial charge in [0.15, 0.2) is 0 Å². The lowest BCUT2D eigenvalue weighted by atomic mass is 9.79. The Bertz CT molecular complexity index is 1270. The summed E-state index contributed by atoms with van der Waals surface area (Å²) in [7, 11) is 1.95. The van der Waals surface area contributed by atoms with E-state index in [1.165, 1.54) is 0 Å². The summed E-state index contributed by atoms with van der Waals surface area (Å²) < 4.78 is 1.93. The molecule has 4 rings (SSSR count). The van der Waals surface area contributed by atoms with Crippen LogP contribution in [0.25, 0.3) is 16.8 Å². The van der Waals surface area contributed by atoms with E-state index in [4.69, 9.17) is 10.8 Å². The molecule has 3 aromatic rings. The SMILES string of the molecule is CN(C(=N)C=CC(=N)c1ccc(-c2ccn3ccnc3c2)cc1NO)C1CC(C)(C)NC(C)(C)C1. The van der Waals surface area contributed by atoms with Crippen molar-refractivity contribution in [2.45, 2.75) is 57.7 Å². The van der Waals surface area contributed by atoms with Crippen LogP contribution in [0.3, 0.4) is 0 Å². The molecule has 8 heteroatoms. The number of nitrogens with zero attached hydrogens (tertiary/aromatic N) is 3. The minimum atomic E-state index is -0.0110. The Morgan fingerprint density at radius 1 is 1.09 bits per heavy atom. The Hall–Kier alpha value is -3.49. The number of pyridine rings is 1. The lowest BCUT2D eigenvalue weighted by Crippen LogP contribution is -2.62. The summed E-state index contributed by atoms with van der Waals surface area (Å²) in [5, 5.41) is 30.6. The van der Waals surface area contributed by atoms with E-state index in [0.717, 1.165) is 29.6 Å². The van der Waals surface area contributed by atoms with E-state index in [-0.39, 0.29) is 22.8 Å². The summed E-state index contributed by atoms with van der Waals surface area (Å²) in [5.41, 5.74) is 6.10. The molecule has 0 spiro atoms. The van der Waals surface area contributed by atoms with Crippen LogP contribution in [-0.2, 0) is 0 Å². The van der Waals surface area contributed by atoms with Gasteiger partial charge in [-0.3, -0.25) is 16.1 Å². The third kappa shape index (κ3) is 5.44. The zero-order chi connectivity index (χ0) is 25.4. The van der Waals surface area contributed by atoms with Gasteiger partial charge in [0, 0.05) is 48.3 Å². The molecular formula is C27H35N7O. The molecule has 0 atom stereocenters. The maximum Gasteiger partial charge on any atom is 0.137 e. The Morgan fingerprint density at radius 2 is 1.77 bits per heavy atom. The zero-order valence-electron chi connectivity index (χ0n) is 21.1. The van der Waals surface area contributed by atoms with Crippen LogP contribution in [0.1, 0.15) is 46.1 Å². The van der Waals surface area contributed by atoms with Gasteiger partial charge < -0.3 is 20.0 Å². The maximum atomic E-state index is 9.77. The first-order valence-corrected chi connectivity index (χ1v) is 11.8. The van der Waals surface area contributed by atoms with Gasteiger partial charge in [-0.1, -0.05) is 12.1 Å². The van der Waals surface area contributed by atoms with Crippen LogP contribution in [0.15, 0.2) is 61.1 Å². The fraction of sp³-hybridized carbons (Fsp3) is 0.370. The van der Waals surface area contributed by atoms with E-state index in [0.29, 0.717) is 17.1 Å². The second-order valence-corrected chi connectivity index (χ2v) is 10.7. The van der Waals surface area contributed by atoms with E-state index in [2.05, 4.69) is 43.5 Å². The van der Waals surface area contributed by atoms with E-state index in [1.807, 2.05) is 59.1 Å². The molecule has 1 aliphatic heterocycles.